The molecule has 1 N–H and O–H groups in total. The largest absolute Gasteiger partial charge is 0.497 e. The van der Waals surface area contributed by atoms with Crippen molar-refractivity contribution in [1.29, 1.82) is 0 Å². The zero-order chi connectivity index (χ0) is 31.0. The van der Waals surface area contributed by atoms with Crippen LogP contribution in [0.2, 0.25) is 5.02 Å². The van der Waals surface area contributed by atoms with Crippen LogP contribution in [0.15, 0.2) is 72.8 Å². The van der Waals surface area contributed by atoms with Gasteiger partial charge in [0.1, 0.15) is 24.1 Å². The van der Waals surface area contributed by atoms with Crippen molar-refractivity contribution in [2.24, 2.45) is 0 Å². The van der Waals surface area contributed by atoms with Crippen molar-refractivity contribution >= 4 is 39.1 Å². The van der Waals surface area contributed by atoms with Gasteiger partial charge in [0.05, 0.1) is 26.2 Å². The molecule has 1 aliphatic carbocycles. The lowest BCUT2D eigenvalue weighted by Gasteiger charge is -2.34. The Labute approximate surface area is 258 Å². The average Bonchev–Trinajstić information content (AvgIpc) is 3.50. The van der Waals surface area contributed by atoms with Gasteiger partial charge in [-0.15, -0.1) is 0 Å². The fraction of sp³-hybridized carbons (Fsp3) is 0.375. The number of hydrogen-bond acceptors (Lipinski definition) is 6. The molecule has 1 saturated carbocycles. The smallest absolute Gasteiger partial charge is 0.244 e. The zero-order valence-electron chi connectivity index (χ0n) is 24.7. The molecule has 0 unspecified atom stereocenters. The van der Waals surface area contributed by atoms with Gasteiger partial charge in [-0.05, 0) is 54.3 Å². The average molecular weight is 628 g/mol. The molecule has 0 heterocycles. The van der Waals surface area contributed by atoms with E-state index in [9.17, 15) is 18.0 Å². The van der Waals surface area contributed by atoms with Crippen LogP contribution in [0.1, 0.15) is 36.8 Å². The Morgan fingerprint density at radius 3 is 2.30 bits per heavy atom. The standard InChI is InChI=1S/C32H38ClN3O6S/c1-41-27-15-9-12-24(18-27)21-35(29(19-23-10-5-4-6-11-23)32(38)34-26-13-7-8-14-26)31(37)22-36(43(3,39)40)28-20-25(33)16-17-30(28)42-2/h4-6,9-12,15-18,20,26,29H,7-8,13-14,19,21-22H2,1-3H3,(H,34,38)/t29-/m0/s1. The summed E-state index contributed by atoms with van der Waals surface area (Å²) in [6, 6.07) is 20.4. The van der Waals surface area contributed by atoms with Crippen LogP contribution in [0.5, 0.6) is 11.5 Å². The van der Waals surface area contributed by atoms with Crippen molar-refractivity contribution in [1.82, 2.24) is 10.2 Å². The van der Waals surface area contributed by atoms with Gasteiger partial charge in [0.15, 0.2) is 0 Å². The molecule has 0 bridgehead atoms. The minimum Gasteiger partial charge on any atom is -0.497 e. The van der Waals surface area contributed by atoms with E-state index < -0.39 is 28.5 Å². The molecule has 4 rings (SSSR count). The lowest BCUT2D eigenvalue weighted by atomic mass is 10.0. The number of methoxy groups -OCH3 is 2. The van der Waals surface area contributed by atoms with Gasteiger partial charge in [0.2, 0.25) is 21.8 Å². The molecule has 0 saturated heterocycles. The van der Waals surface area contributed by atoms with Crippen molar-refractivity contribution < 1.29 is 27.5 Å². The molecule has 3 aromatic rings. The molecule has 1 fully saturated rings. The molecular formula is C32H38ClN3O6S. The summed E-state index contributed by atoms with van der Waals surface area (Å²) in [5, 5.41) is 3.44. The van der Waals surface area contributed by atoms with Gasteiger partial charge < -0.3 is 19.7 Å². The number of carbonyl (C=O) groups is 2. The maximum atomic E-state index is 14.3. The van der Waals surface area contributed by atoms with E-state index in [4.69, 9.17) is 21.1 Å². The highest BCUT2D eigenvalue weighted by Crippen LogP contribution is 2.33. The predicted molar refractivity (Wildman–Crippen MR) is 168 cm³/mol. The van der Waals surface area contributed by atoms with E-state index in [2.05, 4.69) is 5.32 Å². The topological polar surface area (TPSA) is 105 Å². The van der Waals surface area contributed by atoms with E-state index in [0.717, 1.165) is 47.4 Å². The quantitative estimate of drug-likeness (QED) is 0.291. The number of nitrogens with zero attached hydrogens (tertiary/aromatic N) is 2. The number of anilines is 1. The molecule has 1 aliphatic rings. The fourth-order valence-electron chi connectivity index (χ4n) is 5.34. The van der Waals surface area contributed by atoms with E-state index in [1.807, 2.05) is 36.4 Å². The maximum Gasteiger partial charge on any atom is 0.244 e. The molecule has 9 nitrogen and oxygen atoms in total. The van der Waals surface area contributed by atoms with Crippen LogP contribution in [0.4, 0.5) is 5.69 Å². The van der Waals surface area contributed by atoms with E-state index in [1.165, 1.54) is 18.1 Å². The normalized spacial score (nSPS) is 14.1. The monoisotopic (exact) mass is 627 g/mol. The molecule has 0 radical (unpaired) electrons. The Kier molecular flexibility index (Phi) is 10.9. The van der Waals surface area contributed by atoms with Crippen LogP contribution < -0.4 is 19.1 Å². The number of ether oxygens (including phenoxy) is 2. The summed E-state index contributed by atoms with van der Waals surface area (Å²) in [6.45, 7) is -0.516. The van der Waals surface area contributed by atoms with Crippen LogP contribution in [0, 0.1) is 0 Å². The number of amides is 2. The SMILES string of the molecule is COc1cccc(CN(C(=O)CN(c2cc(Cl)ccc2OC)S(C)(=O)=O)[C@@H](Cc2ccccc2)C(=O)NC2CCCC2)c1. The van der Waals surface area contributed by atoms with Crippen LogP contribution in [-0.2, 0) is 32.6 Å². The Morgan fingerprint density at radius 2 is 1.65 bits per heavy atom. The number of benzene rings is 3. The van der Waals surface area contributed by atoms with Crippen LogP contribution in [-0.4, -0.2) is 64.2 Å². The molecule has 0 aliphatic heterocycles. The van der Waals surface area contributed by atoms with Gasteiger partial charge in [0, 0.05) is 24.0 Å². The fourth-order valence-corrected chi connectivity index (χ4v) is 6.35. The summed E-state index contributed by atoms with van der Waals surface area (Å²) in [6.07, 6.45) is 5.08. The second kappa shape index (κ2) is 14.6. The molecule has 3 aromatic carbocycles. The third kappa shape index (κ3) is 8.64. The first-order valence-corrected chi connectivity index (χ1v) is 16.4. The lowest BCUT2D eigenvalue weighted by molar-refractivity contribution is -0.140. The second-order valence-electron chi connectivity index (χ2n) is 10.7. The first-order valence-electron chi connectivity index (χ1n) is 14.2. The van der Waals surface area contributed by atoms with Crippen molar-refractivity contribution in [3.63, 3.8) is 0 Å². The molecule has 43 heavy (non-hydrogen) atoms. The summed E-state index contributed by atoms with van der Waals surface area (Å²) in [7, 11) is -1.01. The summed E-state index contributed by atoms with van der Waals surface area (Å²) in [4.78, 5) is 29.7. The van der Waals surface area contributed by atoms with Crippen molar-refractivity contribution in [2.45, 2.75) is 50.7 Å². The highest BCUT2D eigenvalue weighted by molar-refractivity contribution is 7.92. The van der Waals surface area contributed by atoms with Crippen LogP contribution in [0.25, 0.3) is 0 Å². The second-order valence-corrected chi connectivity index (χ2v) is 13.0. The first-order chi connectivity index (χ1) is 20.6. The summed E-state index contributed by atoms with van der Waals surface area (Å²) in [5.74, 6) is -0.000794. The number of carbonyl (C=O) groups excluding carboxylic acids is 2. The number of halogens is 1. The lowest BCUT2D eigenvalue weighted by Crippen LogP contribution is -2.54. The molecule has 1 atom stereocenters. The van der Waals surface area contributed by atoms with E-state index >= 15 is 0 Å². The number of hydrogen-bond donors (Lipinski definition) is 1. The molecule has 0 aromatic heterocycles. The van der Waals surface area contributed by atoms with Crippen molar-refractivity contribution in [2.75, 3.05) is 31.3 Å². The predicted octanol–water partition coefficient (Wildman–Crippen LogP) is 4.82. The van der Waals surface area contributed by atoms with Gasteiger partial charge in [-0.1, -0.05) is 66.9 Å². The highest BCUT2D eigenvalue weighted by atomic mass is 35.5. The summed E-state index contributed by atoms with van der Waals surface area (Å²) < 4.78 is 38.0. The summed E-state index contributed by atoms with van der Waals surface area (Å²) in [5.41, 5.74) is 1.72. The Hall–Kier alpha value is -3.76. The molecule has 0 spiro atoms. The summed E-state index contributed by atoms with van der Waals surface area (Å²) >= 11 is 6.23. The minimum absolute atomic E-state index is 0.0304. The van der Waals surface area contributed by atoms with Crippen molar-refractivity contribution in [3.8, 4) is 11.5 Å². The molecule has 2 amide bonds. The molecule has 230 valence electrons. The van der Waals surface area contributed by atoms with Gasteiger partial charge in [-0.3, -0.25) is 13.9 Å². The highest BCUT2D eigenvalue weighted by Gasteiger charge is 2.35. The Morgan fingerprint density at radius 1 is 0.953 bits per heavy atom. The number of sulfonamides is 1. The van der Waals surface area contributed by atoms with E-state index in [-0.39, 0.29) is 41.4 Å². The van der Waals surface area contributed by atoms with Gasteiger partial charge in [0.25, 0.3) is 0 Å². The van der Waals surface area contributed by atoms with Crippen molar-refractivity contribution in [3.05, 3.63) is 88.9 Å². The first kappa shape index (κ1) is 32.2. The Bertz CT molecular complexity index is 1510. The zero-order valence-corrected chi connectivity index (χ0v) is 26.2. The van der Waals surface area contributed by atoms with E-state index in [0.29, 0.717) is 5.75 Å². The number of nitrogens with one attached hydrogen (secondary N) is 1. The maximum absolute atomic E-state index is 14.3. The third-order valence-electron chi connectivity index (χ3n) is 7.55. The molecule has 11 heteroatoms. The third-order valence-corrected chi connectivity index (χ3v) is 8.91. The Balaban J connectivity index is 1.77. The molecular weight excluding hydrogens is 590 g/mol. The van der Waals surface area contributed by atoms with E-state index in [1.54, 1.807) is 37.4 Å². The van der Waals surface area contributed by atoms with Gasteiger partial charge in [-0.25, -0.2) is 8.42 Å². The van der Waals surface area contributed by atoms with Gasteiger partial charge >= 0.3 is 0 Å². The van der Waals surface area contributed by atoms with Crippen LogP contribution in [0.3, 0.4) is 0 Å². The van der Waals surface area contributed by atoms with Crippen LogP contribution >= 0.6 is 11.6 Å². The number of rotatable bonds is 13. The minimum atomic E-state index is -3.98. The van der Waals surface area contributed by atoms with Gasteiger partial charge in [-0.2, -0.15) is 0 Å².